The molecule has 0 fully saturated rings. The lowest BCUT2D eigenvalue weighted by Crippen LogP contribution is -2.56. The molecule has 0 saturated heterocycles. The molecule has 3 rings (SSSR count). The summed E-state index contributed by atoms with van der Waals surface area (Å²) in [5, 5.41) is 27.9. The second-order valence-corrected chi connectivity index (χ2v) is 9.35. The lowest BCUT2D eigenvalue weighted by Gasteiger charge is -2.43. The van der Waals surface area contributed by atoms with Crippen molar-refractivity contribution in [1.82, 2.24) is 0 Å². The van der Waals surface area contributed by atoms with Gasteiger partial charge in [0.15, 0.2) is 4.75 Å². The molecule has 0 aliphatic heterocycles. The fraction of sp³-hybridized carbons (Fsp3) is 0.250. The molecular formula is C24H28N2O6S. The van der Waals surface area contributed by atoms with E-state index in [1.165, 1.54) is 26.4 Å². The first-order valence-electron chi connectivity index (χ1n) is 10.2. The highest BCUT2D eigenvalue weighted by Crippen LogP contribution is 2.51. The summed E-state index contributed by atoms with van der Waals surface area (Å²) in [4.78, 5) is 0. The molecule has 176 valence electrons. The molecule has 0 amide bonds. The van der Waals surface area contributed by atoms with E-state index in [0.717, 1.165) is 0 Å². The van der Waals surface area contributed by atoms with E-state index in [1.807, 2.05) is 0 Å². The minimum Gasteiger partial charge on any atom is -0.508 e. The first-order valence-corrected chi connectivity index (χ1v) is 11.7. The number of primary sulfonamides is 1. The average Bonchev–Trinajstić information content (AvgIpc) is 2.82. The van der Waals surface area contributed by atoms with E-state index >= 15 is 0 Å². The van der Waals surface area contributed by atoms with Gasteiger partial charge in [-0.15, -0.1) is 0 Å². The minimum absolute atomic E-state index is 0.0536. The molecule has 0 radical (unpaired) electrons. The van der Waals surface area contributed by atoms with Crippen molar-refractivity contribution < 1.29 is 28.1 Å². The maximum absolute atomic E-state index is 13.4. The Morgan fingerprint density at radius 3 is 1.70 bits per heavy atom. The SMILES string of the molecule is COc1ccc(C(c2ccc(OC)cc2)C(c2ccccc2O)(C(O)CN)S(N)(=O)=O)cc1. The zero-order chi connectivity index (χ0) is 24.2. The largest absolute Gasteiger partial charge is 0.508 e. The maximum Gasteiger partial charge on any atom is 0.222 e. The van der Waals surface area contributed by atoms with Gasteiger partial charge in [0.25, 0.3) is 0 Å². The first kappa shape index (κ1) is 24.5. The molecule has 0 aliphatic carbocycles. The quantitative estimate of drug-likeness (QED) is 0.373. The third kappa shape index (κ3) is 4.40. The highest BCUT2D eigenvalue weighted by Gasteiger charge is 2.57. The topological polar surface area (TPSA) is 145 Å². The van der Waals surface area contributed by atoms with Crippen molar-refractivity contribution in [2.45, 2.75) is 16.8 Å². The Kier molecular flexibility index (Phi) is 7.28. The van der Waals surface area contributed by atoms with E-state index in [-0.39, 0.29) is 11.3 Å². The van der Waals surface area contributed by atoms with Crippen LogP contribution in [0.1, 0.15) is 22.6 Å². The Hall–Kier alpha value is -3.11. The molecule has 0 heterocycles. The third-order valence-corrected chi connectivity index (χ3v) is 7.51. The van der Waals surface area contributed by atoms with Gasteiger partial charge in [-0.2, -0.15) is 0 Å². The molecule has 2 atom stereocenters. The summed E-state index contributed by atoms with van der Waals surface area (Å²) in [6.45, 7) is -0.423. The van der Waals surface area contributed by atoms with Gasteiger partial charge in [0.1, 0.15) is 17.2 Å². The van der Waals surface area contributed by atoms with E-state index in [2.05, 4.69) is 0 Å². The molecular weight excluding hydrogens is 444 g/mol. The smallest absolute Gasteiger partial charge is 0.222 e. The van der Waals surface area contributed by atoms with Crippen LogP contribution >= 0.6 is 0 Å². The van der Waals surface area contributed by atoms with Crippen LogP contribution < -0.4 is 20.3 Å². The number of nitrogens with two attached hydrogens (primary N) is 2. The van der Waals surface area contributed by atoms with Gasteiger partial charge >= 0.3 is 0 Å². The summed E-state index contributed by atoms with van der Waals surface area (Å²) < 4.78 is 35.2. The van der Waals surface area contributed by atoms with Gasteiger partial charge in [-0.25, -0.2) is 13.6 Å². The lowest BCUT2D eigenvalue weighted by molar-refractivity contribution is 0.118. The highest BCUT2D eigenvalue weighted by molar-refractivity contribution is 7.90. The van der Waals surface area contributed by atoms with E-state index in [0.29, 0.717) is 22.6 Å². The van der Waals surface area contributed by atoms with Crippen LogP contribution in [0.3, 0.4) is 0 Å². The van der Waals surface area contributed by atoms with Gasteiger partial charge in [-0.1, -0.05) is 42.5 Å². The molecule has 6 N–H and O–H groups in total. The molecule has 0 aromatic heterocycles. The number of sulfonamides is 1. The van der Waals surface area contributed by atoms with Crippen molar-refractivity contribution in [3.8, 4) is 17.2 Å². The van der Waals surface area contributed by atoms with E-state index < -0.39 is 33.3 Å². The van der Waals surface area contributed by atoms with Crippen LogP contribution in [-0.2, 0) is 14.8 Å². The van der Waals surface area contributed by atoms with Crippen LogP contribution in [0.4, 0.5) is 0 Å². The van der Waals surface area contributed by atoms with Gasteiger partial charge in [0, 0.05) is 18.0 Å². The van der Waals surface area contributed by atoms with Crippen LogP contribution in [0.25, 0.3) is 0 Å². The molecule has 0 spiro atoms. The Labute approximate surface area is 193 Å². The monoisotopic (exact) mass is 472 g/mol. The normalized spacial score (nSPS) is 14.5. The minimum atomic E-state index is -4.59. The predicted octanol–water partition coefficient (Wildman–Crippen LogP) is 2.04. The third-order valence-electron chi connectivity index (χ3n) is 5.84. The van der Waals surface area contributed by atoms with E-state index in [4.69, 9.17) is 20.3 Å². The highest BCUT2D eigenvalue weighted by atomic mass is 32.2. The number of benzene rings is 3. The number of rotatable bonds is 9. The van der Waals surface area contributed by atoms with Crippen molar-refractivity contribution in [2.24, 2.45) is 10.9 Å². The van der Waals surface area contributed by atoms with Gasteiger partial charge < -0.3 is 25.4 Å². The van der Waals surface area contributed by atoms with Crippen LogP contribution in [0, 0.1) is 0 Å². The van der Waals surface area contributed by atoms with Crippen molar-refractivity contribution in [1.29, 1.82) is 0 Å². The summed E-state index contributed by atoms with van der Waals surface area (Å²) in [5.41, 5.74) is 6.82. The van der Waals surface area contributed by atoms with E-state index in [9.17, 15) is 18.6 Å². The molecule has 33 heavy (non-hydrogen) atoms. The second kappa shape index (κ2) is 9.80. The fourth-order valence-corrected chi connectivity index (χ4v) is 5.85. The standard InChI is InChI=1S/C24H28N2O6S/c1-31-18-11-7-16(8-12-18)23(17-9-13-19(32-2)14-10-17)24(22(28)15-25,33(26,29)30)20-5-3-4-6-21(20)27/h3-14,22-23,27-28H,15,25H2,1-2H3,(H2,26,29,30). The van der Waals surface area contributed by atoms with Gasteiger partial charge in [0.05, 0.1) is 20.3 Å². The Morgan fingerprint density at radius 1 is 0.879 bits per heavy atom. The number of aliphatic hydroxyl groups excluding tert-OH is 1. The molecule has 0 bridgehead atoms. The molecule has 2 unspecified atom stereocenters. The van der Waals surface area contributed by atoms with Crippen molar-refractivity contribution in [2.75, 3.05) is 20.8 Å². The number of hydrogen-bond donors (Lipinski definition) is 4. The van der Waals surface area contributed by atoms with Crippen molar-refractivity contribution in [3.63, 3.8) is 0 Å². The summed E-state index contributed by atoms with van der Waals surface area (Å²) in [7, 11) is -1.56. The van der Waals surface area contributed by atoms with Crippen LogP contribution in [0.15, 0.2) is 72.8 Å². The number of phenols is 1. The predicted molar refractivity (Wildman–Crippen MR) is 126 cm³/mol. The van der Waals surface area contributed by atoms with Crippen LogP contribution in [-0.4, -0.2) is 45.5 Å². The van der Waals surface area contributed by atoms with Crippen LogP contribution in [0.2, 0.25) is 0 Å². The zero-order valence-corrected chi connectivity index (χ0v) is 19.2. The number of hydrogen-bond acceptors (Lipinski definition) is 7. The summed E-state index contributed by atoms with van der Waals surface area (Å²) in [6, 6.07) is 19.4. The molecule has 9 heteroatoms. The number of ether oxygens (including phenoxy) is 2. The van der Waals surface area contributed by atoms with Gasteiger partial charge in [0.2, 0.25) is 10.0 Å². The first-order chi connectivity index (χ1) is 15.7. The lowest BCUT2D eigenvalue weighted by atomic mass is 9.73. The molecule has 3 aromatic rings. The number of phenolic OH excluding ortho intramolecular Hbond substituents is 1. The summed E-state index contributed by atoms with van der Waals surface area (Å²) in [6.07, 6.45) is -1.66. The van der Waals surface area contributed by atoms with Gasteiger partial charge in [-0.3, -0.25) is 0 Å². The van der Waals surface area contributed by atoms with Crippen molar-refractivity contribution in [3.05, 3.63) is 89.5 Å². The van der Waals surface area contributed by atoms with Crippen LogP contribution in [0.5, 0.6) is 17.2 Å². The Bertz CT molecular complexity index is 1130. The zero-order valence-electron chi connectivity index (χ0n) is 18.4. The van der Waals surface area contributed by atoms with Gasteiger partial charge in [-0.05, 0) is 41.5 Å². The maximum atomic E-state index is 13.4. The average molecular weight is 473 g/mol. The Balaban J connectivity index is 2.46. The molecule has 8 nitrogen and oxygen atoms in total. The number of aliphatic hydroxyl groups is 1. The second-order valence-electron chi connectivity index (χ2n) is 7.59. The summed E-state index contributed by atoms with van der Waals surface area (Å²) >= 11 is 0. The Morgan fingerprint density at radius 2 is 1.33 bits per heavy atom. The van der Waals surface area contributed by atoms with E-state index in [1.54, 1.807) is 60.7 Å². The number of methoxy groups -OCH3 is 2. The summed E-state index contributed by atoms with van der Waals surface area (Å²) in [5.74, 6) is -0.243. The molecule has 0 aliphatic rings. The molecule has 0 saturated carbocycles. The molecule has 3 aromatic carbocycles. The van der Waals surface area contributed by atoms with Crippen molar-refractivity contribution >= 4 is 10.0 Å². The number of para-hydroxylation sites is 1. The number of aromatic hydroxyl groups is 1. The fourth-order valence-electron chi connectivity index (χ4n) is 4.29.